The molecule has 0 radical (unpaired) electrons. The van der Waals surface area contributed by atoms with Crippen molar-refractivity contribution in [2.45, 2.75) is 38.4 Å². The Hall–Kier alpha value is -1.19. The zero-order valence-corrected chi connectivity index (χ0v) is 11.2. The first kappa shape index (κ1) is 14.2. The molecule has 1 unspecified atom stereocenters. The lowest BCUT2D eigenvalue weighted by atomic mass is 10.2. The molecule has 0 aliphatic carbocycles. The standard InChI is InChI=1S/C16H21FO2/c17-15-10-8-14(9-11-15)6-2-1-4-12-18-16-7-3-5-13-19-16/h2,6,8-11,16H,1,3-5,7,12-13H2. The van der Waals surface area contributed by atoms with Crippen molar-refractivity contribution < 1.29 is 13.9 Å². The fourth-order valence-electron chi connectivity index (χ4n) is 2.05. The summed E-state index contributed by atoms with van der Waals surface area (Å²) in [6.07, 6.45) is 9.44. The summed E-state index contributed by atoms with van der Waals surface area (Å²) in [5, 5.41) is 0. The number of hydrogen-bond donors (Lipinski definition) is 0. The second kappa shape index (κ2) is 8.08. The summed E-state index contributed by atoms with van der Waals surface area (Å²) in [4.78, 5) is 0. The van der Waals surface area contributed by atoms with E-state index in [9.17, 15) is 4.39 Å². The predicted octanol–water partition coefficient (Wildman–Crippen LogP) is 4.16. The molecule has 1 heterocycles. The molecule has 1 aliphatic rings. The van der Waals surface area contributed by atoms with Gasteiger partial charge in [0.25, 0.3) is 0 Å². The highest BCUT2D eigenvalue weighted by Gasteiger charge is 2.12. The molecular weight excluding hydrogens is 243 g/mol. The molecule has 19 heavy (non-hydrogen) atoms. The van der Waals surface area contributed by atoms with Gasteiger partial charge in [0.2, 0.25) is 0 Å². The zero-order valence-electron chi connectivity index (χ0n) is 11.2. The highest BCUT2D eigenvalue weighted by atomic mass is 19.1. The quantitative estimate of drug-likeness (QED) is 0.718. The largest absolute Gasteiger partial charge is 0.353 e. The van der Waals surface area contributed by atoms with E-state index in [1.54, 1.807) is 12.1 Å². The van der Waals surface area contributed by atoms with Gasteiger partial charge in [0, 0.05) is 6.61 Å². The van der Waals surface area contributed by atoms with Gasteiger partial charge >= 0.3 is 0 Å². The van der Waals surface area contributed by atoms with Gasteiger partial charge in [-0.2, -0.15) is 0 Å². The average Bonchev–Trinajstić information content (AvgIpc) is 2.46. The second-order valence-corrected chi connectivity index (χ2v) is 4.76. The van der Waals surface area contributed by atoms with Crippen molar-refractivity contribution in [3.8, 4) is 0 Å². The molecule has 1 aliphatic heterocycles. The van der Waals surface area contributed by atoms with Crippen LogP contribution in [0.5, 0.6) is 0 Å². The molecule has 1 atom stereocenters. The van der Waals surface area contributed by atoms with Gasteiger partial charge < -0.3 is 9.47 Å². The molecule has 0 saturated carbocycles. The maximum absolute atomic E-state index is 12.7. The van der Waals surface area contributed by atoms with E-state index in [2.05, 4.69) is 6.08 Å². The number of benzene rings is 1. The minimum absolute atomic E-state index is 0.00910. The van der Waals surface area contributed by atoms with E-state index in [1.807, 2.05) is 6.08 Å². The summed E-state index contributed by atoms with van der Waals surface area (Å²) in [7, 11) is 0. The Morgan fingerprint density at radius 2 is 2.11 bits per heavy atom. The number of rotatable bonds is 6. The fraction of sp³-hybridized carbons (Fsp3) is 0.500. The van der Waals surface area contributed by atoms with Crippen LogP contribution in [0.15, 0.2) is 30.3 Å². The third-order valence-electron chi connectivity index (χ3n) is 3.14. The van der Waals surface area contributed by atoms with E-state index in [0.717, 1.165) is 44.5 Å². The third-order valence-corrected chi connectivity index (χ3v) is 3.14. The van der Waals surface area contributed by atoms with Crippen molar-refractivity contribution in [3.63, 3.8) is 0 Å². The molecule has 1 aromatic carbocycles. The molecule has 0 bridgehead atoms. The van der Waals surface area contributed by atoms with Crippen LogP contribution in [0.25, 0.3) is 6.08 Å². The molecule has 0 amide bonds. The Bertz CT molecular complexity index is 380. The molecular formula is C16H21FO2. The average molecular weight is 264 g/mol. The van der Waals surface area contributed by atoms with Crippen LogP contribution in [-0.4, -0.2) is 19.5 Å². The molecule has 1 fully saturated rings. The normalized spacial score (nSPS) is 19.9. The molecule has 1 aromatic rings. The van der Waals surface area contributed by atoms with Crippen LogP contribution in [0.2, 0.25) is 0 Å². The number of halogens is 1. The topological polar surface area (TPSA) is 18.5 Å². The van der Waals surface area contributed by atoms with E-state index >= 15 is 0 Å². The van der Waals surface area contributed by atoms with Gasteiger partial charge in [0.15, 0.2) is 6.29 Å². The van der Waals surface area contributed by atoms with Gasteiger partial charge in [0.05, 0.1) is 6.61 Å². The number of hydrogen-bond acceptors (Lipinski definition) is 2. The molecule has 0 aromatic heterocycles. The zero-order chi connectivity index (χ0) is 13.3. The van der Waals surface area contributed by atoms with Gasteiger partial charge in [-0.05, 0) is 49.8 Å². The van der Waals surface area contributed by atoms with E-state index in [4.69, 9.17) is 9.47 Å². The molecule has 1 saturated heterocycles. The highest BCUT2D eigenvalue weighted by Crippen LogP contribution is 2.14. The summed E-state index contributed by atoms with van der Waals surface area (Å²) in [5.41, 5.74) is 1.03. The van der Waals surface area contributed by atoms with Gasteiger partial charge in [-0.25, -0.2) is 4.39 Å². The van der Waals surface area contributed by atoms with E-state index < -0.39 is 0 Å². The van der Waals surface area contributed by atoms with Crippen LogP contribution in [0.1, 0.15) is 37.7 Å². The monoisotopic (exact) mass is 264 g/mol. The first-order valence-corrected chi connectivity index (χ1v) is 7.00. The predicted molar refractivity (Wildman–Crippen MR) is 74.2 cm³/mol. The highest BCUT2D eigenvalue weighted by molar-refractivity contribution is 5.48. The molecule has 0 N–H and O–H groups in total. The van der Waals surface area contributed by atoms with Crippen LogP contribution in [0.3, 0.4) is 0 Å². The third kappa shape index (κ3) is 5.53. The summed E-state index contributed by atoms with van der Waals surface area (Å²) in [6.45, 7) is 1.56. The Balaban J connectivity index is 1.57. The van der Waals surface area contributed by atoms with Gasteiger partial charge in [-0.3, -0.25) is 0 Å². The van der Waals surface area contributed by atoms with Gasteiger partial charge in [-0.1, -0.05) is 24.3 Å². The molecule has 2 nitrogen and oxygen atoms in total. The van der Waals surface area contributed by atoms with Crippen LogP contribution >= 0.6 is 0 Å². The summed E-state index contributed by atoms with van der Waals surface area (Å²) in [5.74, 6) is -0.196. The van der Waals surface area contributed by atoms with Gasteiger partial charge in [0.1, 0.15) is 5.82 Å². The van der Waals surface area contributed by atoms with Crippen molar-refractivity contribution in [1.29, 1.82) is 0 Å². The Labute approximate surface area is 114 Å². The summed E-state index contributed by atoms with van der Waals surface area (Å²) in [6, 6.07) is 6.50. The molecule has 104 valence electrons. The van der Waals surface area contributed by atoms with Crippen LogP contribution < -0.4 is 0 Å². The lowest BCUT2D eigenvalue weighted by Crippen LogP contribution is -2.22. The molecule has 2 rings (SSSR count). The minimum atomic E-state index is -0.196. The van der Waals surface area contributed by atoms with Crippen LogP contribution in [-0.2, 0) is 9.47 Å². The Morgan fingerprint density at radius 1 is 1.26 bits per heavy atom. The first-order valence-electron chi connectivity index (χ1n) is 7.00. The number of ether oxygens (including phenoxy) is 2. The second-order valence-electron chi connectivity index (χ2n) is 4.76. The van der Waals surface area contributed by atoms with Gasteiger partial charge in [-0.15, -0.1) is 0 Å². The SMILES string of the molecule is Fc1ccc(C=CCCCOC2CCCCO2)cc1. The van der Waals surface area contributed by atoms with Crippen LogP contribution in [0, 0.1) is 5.82 Å². The minimum Gasteiger partial charge on any atom is -0.353 e. The Kier molecular flexibility index (Phi) is 6.05. The maximum Gasteiger partial charge on any atom is 0.157 e. The van der Waals surface area contributed by atoms with Crippen molar-refractivity contribution in [2.75, 3.05) is 13.2 Å². The maximum atomic E-state index is 12.7. The van der Waals surface area contributed by atoms with E-state index in [1.165, 1.54) is 18.6 Å². The fourth-order valence-corrected chi connectivity index (χ4v) is 2.05. The van der Waals surface area contributed by atoms with Crippen molar-refractivity contribution >= 4 is 6.08 Å². The van der Waals surface area contributed by atoms with E-state index in [-0.39, 0.29) is 12.1 Å². The van der Waals surface area contributed by atoms with Crippen molar-refractivity contribution in [2.24, 2.45) is 0 Å². The molecule has 3 heteroatoms. The summed E-state index contributed by atoms with van der Waals surface area (Å²) < 4.78 is 23.8. The summed E-state index contributed by atoms with van der Waals surface area (Å²) >= 11 is 0. The first-order chi connectivity index (χ1) is 9.34. The van der Waals surface area contributed by atoms with Crippen molar-refractivity contribution in [1.82, 2.24) is 0 Å². The van der Waals surface area contributed by atoms with Crippen molar-refractivity contribution in [3.05, 3.63) is 41.7 Å². The van der Waals surface area contributed by atoms with E-state index in [0.29, 0.717) is 0 Å². The lowest BCUT2D eigenvalue weighted by Gasteiger charge is -2.22. The molecule has 0 spiro atoms. The lowest BCUT2D eigenvalue weighted by molar-refractivity contribution is -0.162. The smallest absolute Gasteiger partial charge is 0.157 e. The number of allylic oxidation sites excluding steroid dienone is 1. The number of unbranched alkanes of at least 4 members (excludes halogenated alkanes) is 1. The van der Waals surface area contributed by atoms with Crippen LogP contribution in [0.4, 0.5) is 4.39 Å². The Morgan fingerprint density at radius 3 is 2.84 bits per heavy atom.